The van der Waals surface area contributed by atoms with Crippen LogP contribution in [0.4, 0.5) is 0 Å². The molecule has 0 aromatic rings. The van der Waals surface area contributed by atoms with E-state index in [2.05, 4.69) is 13.0 Å². The van der Waals surface area contributed by atoms with Crippen LogP contribution >= 0.6 is 0 Å². The molecule has 1 unspecified atom stereocenters. The van der Waals surface area contributed by atoms with E-state index in [4.69, 9.17) is 16.7 Å². The highest BCUT2D eigenvalue weighted by molar-refractivity contribution is 4.95. The minimum Gasteiger partial charge on any atom is -0.312 e. The second-order valence-electron chi connectivity index (χ2n) is 4.13. The van der Waals surface area contributed by atoms with Crippen molar-refractivity contribution in [2.45, 2.75) is 58.0 Å². The normalized spacial score (nSPS) is 13.6. The Morgan fingerprint density at radius 3 is 2.29 bits per heavy atom. The standard InChI is InChI=1S/C11H23N3/c1-3-4-5-6-7-8-11(13,14)10(2)9-12/h10H,3-8,13-14H2,1-2H3. The Balaban J connectivity index is 3.62. The molecule has 0 amide bonds. The van der Waals surface area contributed by atoms with Gasteiger partial charge in [0.25, 0.3) is 0 Å². The number of hydrogen-bond acceptors (Lipinski definition) is 3. The maximum Gasteiger partial charge on any atom is 0.0796 e. The Kier molecular flexibility index (Phi) is 6.52. The number of nitrogens with zero attached hydrogens (tertiary/aromatic N) is 1. The van der Waals surface area contributed by atoms with Crippen LogP contribution in [0.2, 0.25) is 0 Å². The Morgan fingerprint density at radius 1 is 1.21 bits per heavy atom. The number of unbranched alkanes of at least 4 members (excludes halogenated alkanes) is 4. The molecule has 1 atom stereocenters. The molecule has 3 nitrogen and oxygen atoms in total. The summed E-state index contributed by atoms with van der Waals surface area (Å²) in [7, 11) is 0. The van der Waals surface area contributed by atoms with Gasteiger partial charge in [0.05, 0.1) is 17.6 Å². The maximum absolute atomic E-state index is 8.70. The van der Waals surface area contributed by atoms with E-state index in [1.807, 2.05) is 0 Å². The fraction of sp³-hybridized carbons (Fsp3) is 0.909. The van der Waals surface area contributed by atoms with E-state index in [1.165, 1.54) is 25.7 Å². The first-order valence-corrected chi connectivity index (χ1v) is 5.52. The van der Waals surface area contributed by atoms with Gasteiger partial charge in [0, 0.05) is 0 Å². The van der Waals surface area contributed by atoms with Crippen molar-refractivity contribution >= 4 is 0 Å². The smallest absolute Gasteiger partial charge is 0.0796 e. The van der Waals surface area contributed by atoms with Crippen LogP contribution in [0.15, 0.2) is 0 Å². The van der Waals surface area contributed by atoms with Gasteiger partial charge in [0.1, 0.15) is 0 Å². The summed E-state index contributed by atoms with van der Waals surface area (Å²) in [5.41, 5.74) is 10.9. The van der Waals surface area contributed by atoms with Gasteiger partial charge in [-0.3, -0.25) is 0 Å². The molecule has 0 spiro atoms. The lowest BCUT2D eigenvalue weighted by Crippen LogP contribution is -2.54. The molecule has 4 N–H and O–H groups in total. The van der Waals surface area contributed by atoms with Gasteiger partial charge < -0.3 is 11.5 Å². The van der Waals surface area contributed by atoms with Crippen LogP contribution in [-0.2, 0) is 0 Å². The third kappa shape index (κ3) is 5.21. The second kappa shape index (κ2) is 6.80. The minimum atomic E-state index is -0.805. The third-order valence-corrected chi connectivity index (χ3v) is 2.71. The van der Waals surface area contributed by atoms with E-state index in [0.717, 1.165) is 12.8 Å². The lowest BCUT2D eigenvalue weighted by atomic mass is 9.91. The molecule has 3 heteroatoms. The summed E-state index contributed by atoms with van der Waals surface area (Å²) in [6.07, 6.45) is 6.70. The molecule has 0 aromatic heterocycles. The highest BCUT2D eigenvalue weighted by Crippen LogP contribution is 2.16. The van der Waals surface area contributed by atoms with Crippen molar-refractivity contribution < 1.29 is 0 Å². The van der Waals surface area contributed by atoms with Crippen LogP contribution in [-0.4, -0.2) is 5.66 Å². The lowest BCUT2D eigenvalue weighted by molar-refractivity contribution is 0.318. The van der Waals surface area contributed by atoms with Gasteiger partial charge in [0.2, 0.25) is 0 Å². The SMILES string of the molecule is CCCCCCCC(N)(N)C(C)C#N. The first-order chi connectivity index (χ1) is 6.54. The summed E-state index contributed by atoms with van der Waals surface area (Å²) in [6.45, 7) is 3.97. The highest BCUT2D eigenvalue weighted by atomic mass is 15.0. The van der Waals surface area contributed by atoms with E-state index < -0.39 is 5.66 Å². The van der Waals surface area contributed by atoms with E-state index in [9.17, 15) is 0 Å². The summed E-state index contributed by atoms with van der Waals surface area (Å²) in [5, 5.41) is 8.70. The summed E-state index contributed by atoms with van der Waals surface area (Å²) in [6, 6.07) is 2.11. The zero-order chi connectivity index (χ0) is 11.0. The van der Waals surface area contributed by atoms with Crippen LogP contribution < -0.4 is 11.5 Å². The summed E-state index contributed by atoms with van der Waals surface area (Å²) < 4.78 is 0. The Hall–Kier alpha value is -0.590. The third-order valence-electron chi connectivity index (χ3n) is 2.71. The van der Waals surface area contributed by atoms with Crippen molar-refractivity contribution in [2.75, 3.05) is 0 Å². The molecule has 0 rings (SSSR count). The van der Waals surface area contributed by atoms with Crippen molar-refractivity contribution in [2.24, 2.45) is 17.4 Å². The zero-order valence-electron chi connectivity index (χ0n) is 9.42. The predicted octanol–water partition coefficient (Wildman–Crippen LogP) is 2.12. The zero-order valence-corrected chi connectivity index (χ0v) is 9.42. The minimum absolute atomic E-state index is 0.270. The van der Waals surface area contributed by atoms with Gasteiger partial charge in [-0.15, -0.1) is 0 Å². The number of rotatable bonds is 7. The van der Waals surface area contributed by atoms with Gasteiger partial charge in [-0.05, 0) is 13.3 Å². The fourth-order valence-electron chi connectivity index (χ4n) is 1.37. The van der Waals surface area contributed by atoms with Gasteiger partial charge in [-0.1, -0.05) is 39.0 Å². The second-order valence-corrected chi connectivity index (χ2v) is 4.13. The largest absolute Gasteiger partial charge is 0.312 e. The molecule has 14 heavy (non-hydrogen) atoms. The molecule has 0 aliphatic carbocycles. The van der Waals surface area contributed by atoms with Gasteiger partial charge >= 0.3 is 0 Å². The summed E-state index contributed by atoms with van der Waals surface area (Å²) in [4.78, 5) is 0. The first-order valence-electron chi connectivity index (χ1n) is 5.52. The van der Waals surface area contributed by atoms with E-state index >= 15 is 0 Å². The molecule has 0 heterocycles. The summed E-state index contributed by atoms with van der Waals surface area (Å²) in [5.74, 6) is -0.270. The van der Waals surface area contributed by atoms with Gasteiger partial charge in [-0.2, -0.15) is 5.26 Å². The molecular weight excluding hydrogens is 174 g/mol. The summed E-state index contributed by atoms with van der Waals surface area (Å²) >= 11 is 0. The molecule has 0 radical (unpaired) electrons. The highest BCUT2D eigenvalue weighted by Gasteiger charge is 2.26. The monoisotopic (exact) mass is 197 g/mol. The molecule has 0 saturated carbocycles. The van der Waals surface area contributed by atoms with Crippen LogP contribution in [0.1, 0.15) is 52.4 Å². The topological polar surface area (TPSA) is 75.8 Å². The molecule has 0 fully saturated rings. The van der Waals surface area contributed by atoms with Crippen molar-refractivity contribution in [1.82, 2.24) is 0 Å². The van der Waals surface area contributed by atoms with Crippen LogP contribution in [0.5, 0.6) is 0 Å². The predicted molar refractivity (Wildman–Crippen MR) is 59.3 cm³/mol. The van der Waals surface area contributed by atoms with Crippen molar-refractivity contribution in [3.8, 4) is 6.07 Å². The lowest BCUT2D eigenvalue weighted by Gasteiger charge is -2.26. The molecular formula is C11H23N3. The average molecular weight is 197 g/mol. The van der Waals surface area contributed by atoms with Crippen LogP contribution in [0.25, 0.3) is 0 Å². The van der Waals surface area contributed by atoms with E-state index in [1.54, 1.807) is 6.92 Å². The van der Waals surface area contributed by atoms with Crippen LogP contribution in [0.3, 0.4) is 0 Å². The van der Waals surface area contributed by atoms with Crippen LogP contribution in [0, 0.1) is 17.2 Å². The molecule has 0 bridgehead atoms. The van der Waals surface area contributed by atoms with Crippen molar-refractivity contribution in [1.29, 1.82) is 5.26 Å². The maximum atomic E-state index is 8.70. The molecule has 82 valence electrons. The number of nitriles is 1. The molecule has 0 aromatic carbocycles. The fourth-order valence-corrected chi connectivity index (χ4v) is 1.37. The average Bonchev–Trinajstić information content (AvgIpc) is 2.16. The number of nitrogens with two attached hydrogens (primary N) is 2. The van der Waals surface area contributed by atoms with Gasteiger partial charge in [-0.25, -0.2) is 0 Å². The van der Waals surface area contributed by atoms with Crippen molar-refractivity contribution in [3.05, 3.63) is 0 Å². The van der Waals surface area contributed by atoms with Gasteiger partial charge in [0.15, 0.2) is 0 Å². The quantitative estimate of drug-likeness (QED) is 0.485. The van der Waals surface area contributed by atoms with Crippen molar-refractivity contribution in [3.63, 3.8) is 0 Å². The Bertz CT molecular complexity index is 181. The molecule has 0 aliphatic heterocycles. The van der Waals surface area contributed by atoms with E-state index in [-0.39, 0.29) is 5.92 Å². The number of hydrogen-bond donors (Lipinski definition) is 2. The first kappa shape index (κ1) is 13.4. The van der Waals surface area contributed by atoms with E-state index in [0.29, 0.717) is 0 Å². The molecule has 0 saturated heterocycles. The molecule has 0 aliphatic rings. The Morgan fingerprint density at radius 2 is 1.79 bits per heavy atom. The Labute approximate surface area is 87.5 Å².